The second kappa shape index (κ2) is 3.62. The van der Waals surface area contributed by atoms with Crippen molar-refractivity contribution in [2.45, 2.75) is 38.0 Å². The van der Waals surface area contributed by atoms with Gasteiger partial charge in [-0.3, -0.25) is 4.90 Å². The predicted octanol–water partition coefficient (Wildman–Crippen LogP) is -0.284. The highest BCUT2D eigenvalue weighted by molar-refractivity contribution is 5.06. The maximum atomic E-state index is 9.40. The zero-order valence-electron chi connectivity index (χ0n) is 8.06. The molecule has 2 atom stereocenters. The van der Waals surface area contributed by atoms with Crippen LogP contribution >= 0.6 is 0 Å². The number of aliphatic hydroxyl groups excluding tert-OH is 2. The van der Waals surface area contributed by atoms with E-state index in [2.05, 4.69) is 6.07 Å². The number of hydrogen-bond acceptors (Lipinski definition) is 4. The van der Waals surface area contributed by atoms with Crippen molar-refractivity contribution in [2.24, 2.45) is 0 Å². The summed E-state index contributed by atoms with van der Waals surface area (Å²) >= 11 is 0. The minimum absolute atomic E-state index is 0.00215. The Labute approximate surface area is 78.4 Å². The van der Waals surface area contributed by atoms with Gasteiger partial charge in [-0.15, -0.1) is 0 Å². The third-order valence-corrected chi connectivity index (χ3v) is 2.59. The van der Waals surface area contributed by atoms with Crippen LogP contribution in [0.15, 0.2) is 0 Å². The lowest BCUT2D eigenvalue weighted by atomic mass is 10.0. The van der Waals surface area contributed by atoms with Crippen LogP contribution in [0.2, 0.25) is 0 Å². The Kier molecular flexibility index (Phi) is 2.91. The van der Waals surface area contributed by atoms with Gasteiger partial charge in [0.25, 0.3) is 0 Å². The molecule has 0 aromatic carbocycles. The SMILES string of the molecule is CC(C)(C#N)N1C[C@H](O)C[C@H]1CO. The average molecular weight is 184 g/mol. The lowest BCUT2D eigenvalue weighted by Gasteiger charge is -2.33. The average Bonchev–Trinajstić information content (AvgIpc) is 2.47. The molecule has 0 unspecified atom stereocenters. The first kappa shape index (κ1) is 10.5. The van der Waals surface area contributed by atoms with Crippen LogP contribution in [0.25, 0.3) is 0 Å². The van der Waals surface area contributed by atoms with Gasteiger partial charge in [-0.25, -0.2) is 0 Å². The quantitative estimate of drug-likeness (QED) is 0.619. The molecule has 0 aliphatic carbocycles. The van der Waals surface area contributed by atoms with E-state index in [1.54, 1.807) is 13.8 Å². The van der Waals surface area contributed by atoms with E-state index < -0.39 is 11.6 Å². The Bertz CT molecular complexity index is 222. The fourth-order valence-electron chi connectivity index (χ4n) is 1.81. The van der Waals surface area contributed by atoms with E-state index >= 15 is 0 Å². The summed E-state index contributed by atoms with van der Waals surface area (Å²) in [5.41, 5.74) is -0.606. The third kappa shape index (κ3) is 1.99. The Morgan fingerprint density at radius 1 is 1.62 bits per heavy atom. The van der Waals surface area contributed by atoms with Crippen LogP contribution in [0.3, 0.4) is 0 Å². The molecule has 0 saturated carbocycles. The summed E-state index contributed by atoms with van der Waals surface area (Å²) in [7, 11) is 0. The van der Waals surface area contributed by atoms with Gasteiger partial charge in [-0.05, 0) is 20.3 Å². The number of rotatable bonds is 2. The highest BCUT2D eigenvalue weighted by Crippen LogP contribution is 2.26. The summed E-state index contributed by atoms with van der Waals surface area (Å²) in [6.07, 6.45) is 0.145. The first-order chi connectivity index (χ1) is 6.01. The molecule has 1 aliphatic rings. The van der Waals surface area contributed by atoms with Gasteiger partial charge in [0, 0.05) is 12.6 Å². The van der Waals surface area contributed by atoms with Crippen molar-refractivity contribution in [2.75, 3.05) is 13.2 Å². The van der Waals surface area contributed by atoms with Crippen LogP contribution in [0.5, 0.6) is 0 Å². The molecule has 4 heteroatoms. The summed E-state index contributed by atoms with van der Waals surface area (Å²) in [6.45, 7) is 4.08. The number of nitrogens with zero attached hydrogens (tertiary/aromatic N) is 2. The fraction of sp³-hybridized carbons (Fsp3) is 0.889. The first-order valence-electron chi connectivity index (χ1n) is 4.48. The molecule has 1 aliphatic heterocycles. The highest BCUT2D eigenvalue weighted by Gasteiger charge is 2.39. The van der Waals surface area contributed by atoms with Gasteiger partial charge in [0.05, 0.1) is 18.8 Å². The summed E-state index contributed by atoms with van der Waals surface area (Å²) in [6, 6.07) is 2.09. The lowest BCUT2D eigenvalue weighted by molar-refractivity contribution is 0.0953. The van der Waals surface area contributed by atoms with E-state index in [1.165, 1.54) is 0 Å². The highest BCUT2D eigenvalue weighted by atomic mass is 16.3. The molecule has 1 saturated heterocycles. The molecule has 4 nitrogen and oxygen atoms in total. The van der Waals surface area contributed by atoms with Crippen molar-refractivity contribution < 1.29 is 10.2 Å². The maximum Gasteiger partial charge on any atom is 0.103 e. The van der Waals surface area contributed by atoms with E-state index in [-0.39, 0.29) is 12.6 Å². The number of aliphatic hydroxyl groups is 2. The zero-order chi connectivity index (χ0) is 10.1. The lowest BCUT2D eigenvalue weighted by Crippen LogP contribution is -2.47. The van der Waals surface area contributed by atoms with Crippen LogP contribution < -0.4 is 0 Å². The van der Waals surface area contributed by atoms with Crippen LogP contribution in [0.4, 0.5) is 0 Å². The van der Waals surface area contributed by atoms with Crippen molar-refractivity contribution >= 4 is 0 Å². The van der Waals surface area contributed by atoms with E-state index in [1.807, 2.05) is 4.90 Å². The number of likely N-dealkylation sites (tertiary alicyclic amines) is 1. The van der Waals surface area contributed by atoms with Crippen molar-refractivity contribution in [3.05, 3.63) is 0 Å². The summed E-state index contributed by atoms with van der Waals surface area (Å²) < 4.78 is 0. The van der Waals surface area contributed by atoms with Crippen molar-refractivity contribution in [1.29, 1.82) is 5.26 Å². The monoisotopic (exact) mass is 184 g/mol. The molecule has 0 amide bonds. The normalized spacial score (nSPS) is 30.4. The maximum absolute atomic E-state index is 9.40. The van der Waals surface area contributed by atoms with Crippen LogP contribution in [-0.2, 0) is 0 Å². The molecule has 1 rings (SSSR count). The van der Waals surface area contributed by atoms with Gasteiger partial charge in [-0.2, -0.15) is 5.26 Å². The summed E-state index contributed by atoms with van der Waals surface area (Å²) in [4.78, 5) is 1.86. The molecule has 0 bridgehead atoms. The van der Waals surface area contributed by atoms with Gasteiger partial charge in [0.1, 0.15) is 5.54 Å². The first-order valence-corrected chi connectivity index (χ1v) is 4.48. The summed E-state index contributed by atoms with van der Waals surface area (Å²) in [5.74, 6) is 0. The Morgan fingerprint density at radius 2 is 2.23 bits per heavy atom. The standard InChI is InChI=1S/C9H16N2O2/c1-9(2,6-10)11-4-8(13)3-7(11)5-12/h7-8,12-13H,3-5H2,1-2H3/t7-,8+/m0/s1. The van der Waals surface area contributed by atoms with Gasteiger partial charge < -0.3 is 10.2 Å². The van der Waals surface area contributed by atoms with Gasteiger partial charge >= 0.3 is 0 Å². The minimum Gasteiger partial charge on any atom is -0.395 e. The largest absolute Gasteiger partial charge is 0.395 e. The number of β-amino-alcohol motifs (C(OH)–C–C–N with tert-alkyl or cyclic N) is 1. The second-order valence-electron chi connectivity index (χ2n) is 4.05. The topological polar surface area (TPSA) is 67.5 Å². The Hall–Kier alpha value is -0.630. The predicted molar refractivity (Wildman–Crippen MR) is 47.9 cm³/mol. The van der Waals surface area contributed by atoms with Crippen molar-refractivity contribution in [3.8, 4) is 6.07 Å². The molecule has 0 aromatic rings. The second-order valence-corrected chi connectivity index (χ2v) is 4.05. The molecule has 13 heavy (non-hydrogen) atoms. The van der Waals surface area contributed by atoms with Crippen molar-refractivity contribution in [1.82, 2.24) is 4.90 Å². The van der Waals surface area contributed by atoms with Gasteiger partial charge in [0.2, 0.25) is 0 Å². The fourth-order valence-corrected chi connectivity index (χ4v) is 1.81. The molecule has 0 aromatic heterocycles. The minimum atomic E-state index is -0.606. The van der Waals surface area contributed by atoms with E-state index in [9.17, 15) is 5.11 Å². The van der Waals surface area contributed by atoms with Crippen LogP contribution in [-0.4, -0.2) is 45.9 Å². The van der Waals surface area contributed by atoms with E-state index in [0.29, 0.717) is 13.0 Å². The molecule has 74 valence electrons. The van der Waals surface area contributed by atoms with Crippen molar-refractivity contribution in [3.63, 3.8) is 0 Å². The number of hydrogen-bond donors (Lipinski definition) is 2. The van der Waals surface area contributed by atoms with Gasteiger partial charge in [-0.1, -0.05) is 0 Å². The molecular formula is C9H16N2O2. The summed E-state index contributed by atoms with van der Waals surface area (Å²) in [5, 5.41) is 27.3. The molecule has 1 fully saturated rings. The molecule has 0 radical (unpaired) electrons. The van der Waals surface area contributed by atoms with E-state index in [4.69, 9.17) is 10.4 Å². The molecule has 1 heterocycles. The Morgan fingerprint density at radius 3 is 2.69 bits per heavy atom. The third-order valence-electron chi connectivity index (χ3n) is 2.59. The smallest absolute Gasteiger partial charge is 0.103 e. The zero-order valence-corrected chi connectivity index (χ0v) is 8.06. The number of nitriles is 1. The Balaban J connectivity index is 2.75. The molecular weight excluding hydrogens is 168 g/mol. The molecule has 2 N–H and O–H groups in total. The van der Waals surface area contributed by atoms with Gasteiger partial charge in [0.15, 0.2) is 0 Å². The van der Waals surface area contributed by atoms with E-state index in [0.717, 1.165) is 0 Å². The van der Waals surface area contributed by atoms with Crippen LogP contribution in [0, 0.1) is 11.3 Å². The molecule has 0 spiro atoms. The van der Waals surface area contributed by atoms with Crippen LogP contribution in [0.1, 0.15) is 20.3 Å².